The number of likely N-dealkylation sites (tertiary alicyclic amines) is 1. The van der Waals surface area contributed by atoms with Crippen LogP contribution in [0.25, 0.3) is 0 Å². The van der Waals surface area contributed by atoms with Gasteiger partial charge in [-0.05, 0) is 51.9 Å². The molecule has 0 saturated carbocycles. The number of ether oxygens (including phenoxy) is 2. The molecule has 0 unspecified atom stereocenters. The number of rotatable bonds is 10. The number of guanidine groups is 1. The van der Waals surface area contributed by atoms with Gasteiger partial charge in [-0.2, -0.15) is 0 Å². The lowest BCUT2D eigenvalue weighted by atomic mass is 10.0. The van der Waals surface area contributed by atoms with Gasteiger partial charge in [0.15, 0.2) is 5.96 Å². The van der Waals surface area contributed by atoms with Gasteiger partial charge in [0.1, 0.15) is 0 Å². The molecule has 164 valence electrons. The minimum Gasteiger partial charge on any atom is -0.381 e. The monoisotopic (exact) mass is 508 g/mol. The number of nitrogens with zero attached hydrogens (tertiary/aromatic N) is 2. The van der Waals surface area contributed by atoms with Crippen molar-refractivity contribution in [2.75, 3.05) is 59.2 Å². The third kappa shape index (κ3) is 11.0. The van der Waals surface area contributed by atoms with Crippen LogP contribution in [0.1, 0.15) is 46.0 Å². The maximum Gasteiger partial charge on any atom is 0.191 e. The van der Waals surface area contributed by atoms with Gasteiger partial charge in [-0.3, -0.25) is 9.89 Å². The second kappa shape index (κ2) is 15.5. The molecule has 0 radical (unpaired) electrons. The van der Waals surface area contributed by atoms with E-state index in [0.717, 1.165) is 97.2 Å². The molecule has 0 aromatic heterocycles. The Morgan fingerprint density at radius 2 is 1.93 bits per heavy atom. The van der Waals surface area contributed by atoms with Crippen molar-refractivity contribution in [3.8, 4) is 0 Å². The van der Waals surface area contributed by atoms with Gasteiger partial charge < -0.3 is 20.1 Å². The molecule has 0 aromatic rings. The molecule has 28 heavy (non-hydrogen) atoms. The highest BCUT2D eigenvalue weighted by atomic mass is 127. The number of nitrogens with one attached hydrogen (secondary N) is 2. The van der Waals surface area contributed by atoms with Gasteiger partial charge in [0.2, 0.25) is 0 Å². The lowest BCUT2D eigenvalue weighted by molar-refractivity contribution is 0.0205. The van der Waals surface area contributed by atoms with Crippen molar-refractivity contribution in [3.63, 3.8) is 0 Å². The maximum atomic E-state index is 5.83. The Bertz CT molecular complexity index is 448. The standard InChI is InChI=1S/C21H40N4O2.HI/c1-4-22-21(24-20-6-11-25(12-7-20)16-18(2)3)23-10-5-13-27-17-19-8-14-26-15-9-19;/h19-20H,2,4-17H2,1,3H3,(H2,22,23,24);1H. The molecule has 0 spiro atoms. The summed E-state index contributed by atoms with van der Waals surface area (Å²) in [5.41, 5.74) is 1.25. The molecule has 7 heteroatoms. The smallest absolute Gasteiger partial charge is 0.191 e. The molecule has 2 aliphatic rings. The zero-order chi connectivity index (χ0) is 19.3. The van der Waals surface area contributed by atoms with E-state index in [1.165, 1.54) is 5.57 Å². The Morgan fingerprint density at radius 1 is 1.21 bits per heavy atom. The molecule has 6 nitrogen and oxygen atoms in total. The van der Waals surface area contributed by atoms with Gasteiger partial charge >= 0.3 is 0 Å². The zero-order valence-electron chi connectivity index (χ0n) is 17.9. The minimum atomic E-state index is 0. The molecule has 2 heterocycles. The highest BCUT2D eigenvalue weighted by molar-refractivity contribution is 14.0. The summed E-state index contributed by atoms with van der Waals surface area (Å²) in [6, 6.07) is 0.508. The summed E-state index contributed by atoms with van der Waals surface area (Å²) >= 11 is 0. The van der Waals surface area contributed by atoms with Crippen LogP contribution in [0.4, 0.5) is 0 Å². The molecule has 0 aliphatic carbocycles. The van der Waals surface area contributed by atoms with E-state index in [2.05, 4.69) is 36.0 Å². The summed E-state index contributed by atoms with van der Waals surface area (Å²) in [6.45, 7) is 16.7. The average Bonchev–Trinajstić information content (AvgIpc) is 2.66. The summed E-state index contributed by atoms with van der Waals surface area (Å²) in [7, 11) is 0. The number of halogens is 1. The third-order valence-corrected chi connectivity index (χ3v) is 5.18. The van der Waals surface area contributed by atoms with Crippen molar-refractivity contribution in [2.24, 2.45) is 10.9 Å². The van der Waals surface area contributed by atoms with Gasteiger partial charge in [0, 0.05) is 65.2 Å². The summed E-state index contributed by atoms with van der Waals surface area (Å²) in [5, 5.41) is 6.98. The lowest BCUT2D eigenvalue weighted by Gasteiger charge is -2.33. The van der Waals surface area contributed by atoms with Crippen LogP contribution in [-0.2, 0) is 9.47 Å². The van der Waals surface area contributed by atoms with Crippen molar-refractivity contribution in [3.05, 3.63) is 12.2 Å². The minimum absolute atomic E-state index is 0. The van der Waals surface area contributed by atoms with E-state index in [1.807, 2.05) is 0 Å². The quantitative estimate of drug-likeness (QED) is 0.156. The Kier molecular flexibility index (Phi) is 14.2. The predicted octanol–water partition coefficient (Wildman–Crippen LogP) is 3.03. The van der Waals surface area contributed by atoms with E-state index in [9.17, 15) is 0 Å². The summed E-state index contributed by atoms with van der Waals surface area (Å²) in [6.07, 6.45) is 5.56. The van der Waals surface area contributed by atoms with Gasteiger partial charge in [0.05, 0.1) is 0 Å². The highest BCUT2D eigenvalue weighted by Gasteiger charge is 2.19. The van der Waals surface area contributed by atoms with Crippen LogP contribution in [0.2, 0.25) is 0 Å². The van der Waals surface area contributed by atoms with Crippen molar-refractivity contribution >= 4 is 29.9 Å². The SMILES string of the molecule is C=C(C)CN1CCC(NC(=NCCCOCC2CCOCC2)NCC)CC1.I. The van der Waals surface area contributed by atoms with Crippen molar-refractivity contribution in [1.82, 2.24) is 15.5 Å². The summed E-state index contributed by atoms with van der Waals surface area (Å²) in [4.78, 5) is 7.21. The van der Waals surface area contributed by atoms with Crippen molar-refractivity contribution < 1.29 is 9.47 Å². The first-order valence-electron chi connectivity index (χ1n) is 10.7. The van der Waals surface area contributed by atoms with Gasteiger partial charge in [0.25, 0.3) is 0 Å². The van der Waals surface area contributed by atoms with Gasteiger partial charge in [-0.25, -0.2) is 0 Å². The van der Waals surface area contributed by atoms with Crippen LogP contribution in [0, 0.1) is 5.92 Å². The Hall–Kier alpha value is -0.380. The lowest BCUT2D eigenvalue weighted by Crippen LogP contribution is -2.48. The molecule has 2 rings (SSSR count). The molecule has 0 atom stereocenters. The van der Waals surface area contributed by atoms with Crippen LogP contribution in [0.15, 0.2) is 17.1 Å². The number of piperidine rings is 1. The van der Waals surface area contributed by atoms with Crippen molar-refractivity contribution in [2.45, 2.75) is 52.0 Å². The highest BCUT2D eigenvalue weighted by Crippen LogP contribution is 2.14. The van der Waals surface area contributed by atoms with Crippen LogP contribution in [-0.4, -0.2) is 76.1 Å². The fraction of sp³-hybridized carbons (Fsp3) is 0.857. The number of hydrogen-bond acceptors (Lipinski definition) is 4. The average molecular weight is 508 g/mol. The van der Waals surface area contributed by atoms with E-state index >= 15 is 0 Å². The van der Waals surface area contributed by atoms with E-state index in [0.29, 0.717) is 12.0 Å². The third-order valence-electron chi connectivity index (χ3n) is 5.18. The van der Waals surface area contributed by atoms with Crippen LogP contribution in [0.5, 0.6) is 0 Å². The normalized spacial score (nSPS) is 19.9. The van der Waals surface area contributed by atoms with Crippen molar-refractivity contribution in [1.29, 1.82) is 0 Å². The molecule has 2 aliphatic heterocycles. The topological polar surface area (TPSA) is 58.1 Å². The van der Waals surface area contributed by atoms with E-state index in [-0.39, 0.29) is 24.0 Å². The first-order chi connectivity index (χ1) is 13.2. The Morgan fingerprint density at radius 3 is 2.57 bits per heavy atom. The zero-order valence-corrected chi connectivity index (χ0v) is 20.2. The van der Waals surface area contributed by atoms with Gasteiger partial charge in [-0.15, -0.1) is 24.0 Å². The molecule has 0 bridgehead atoms. The molecule has 0 aromatic carbocycles. The first kappa shape index (κ1) is 25.7. The van der Waals surface area contributed by atoms with Crippen LogP contribution < -0.4 is 10.6 Å². The number of hydrogen-bond donors (Lipinski definition) is 2. The Balaban J connectivity index is 0.00000392. The molecular formula is C21H41IN4O2. The molecular weight excluding hydrogens is 467 g/mol. The first-order valence-corrected chi connectivity index (χ1v) is 10.7. The van der Waals surface area contributed by atoms with Crippen LogP contribution in [0.3, 0.4) is 0 Å². The summed E-state index contributed by atoms with van der Waals surface area (Å²) < 4.78 is 11.2. The Labute approximate surface area is 188 Å². The van der Waals surface area contributed by atoms with E-state index in [4.69, 9.17) is 14.5 Å². The van der Waals surface area contributed by atoms with Crippen LogP contribution >= 0.6 is 24.0 Å². The predicted molar refractivity (Wildman–Crippen MR) is 128 cm³/mol. The van der Waals surface area contributed by atoms with E-state index < -0.39 is 0 Å². The fourth-order valence-corrected chi connectivity index (χ4v) is 3.65. The molecule has 0 amide bonds. The number of aliphatic imine (C=N–C) groups is 1. The van der Waals surface area contributed by atoms with Gasteiger partial charge in [-0.1, -0.05) is 12.2 Å². The molecule has 2 saturated heterocycles. The van der Waals surface area contributed by atoms with E-state index in [1.54, 1.807) is 0 Å². The molecule has 2 N–H and O–H groups in total. The maximum absolute atomic E-state index is 5.83. The largest absolute Gasteiger partial charge is 0.381 e. The fourth-order valence-electron chi connectivity index (χ4n) is 3.65. The molecule has 2 fully saturated rings. The second-order valence-electron chi connectivity index (χ2n) is 7.90. The summed E-state index contributed by atoms with van der Waals surface area (Å²) in [5.74, 6) is 1.62. The second-order valence-corrected chi connectivity index (χ2v) is 7.90.